The lowest BCUT2D eigenvalue weighted by Crippen LogP contribution is -2.42. The van der Waals surface area contributed by atoms with Gasteiger partial charge >= 0.3 is 0 Å². The van der Waals surface area contributed by atoms with Crippen LogP contribution >= 0.6 is 11.6 Å². The number of guanidine groups is 1. The Labute approximate surface area is 168 Å². The van der Waals surface area contributed by atoms with E-state index in [2.05, 4.69) is 39.4 Å². The molecule has 0 bridgehead atoms. The molecule has 1 aliphatic heterocycles. The molecule has 7 heteroatoms. The molecule has 1 saturated heterocycles. The first-order valence-corrected chi connectivity index (χ1v) is 10.3. The number of likely N-dealkylation sites (N-methyl/N-ethyl adjacent to an activating group) is 1. The van der Waals surface area contributed by atoms with Crippen molar-refractivity contribution in [2.75, 3.05) is 59.4 Å². The Hall–Kier alpha value is -1.50. The first-order chi connectivity index (χ1) is 13.1. The van der Waals surface area contributed by atoms with Crippen LogP contribution in [0.4, 0.5) is 0 Å². The summed E-state index contributed by atoms with van der Waals surface area (Å²) in [5.41, 5.74) is 0. The molecule has 2 rings (SSSR count). The lowest BCUT2D eigenvalue weighted by molar-refractivity contribution is 0.230. The Morgan fingerprint density at radius 3 is 2.70 bits per heavy atom. The monoisotopic (exact) mass is 395 g/mol. The van der Waals surface area contributed by atoms with Gasteiger partial charge in [-0.3, -0.25) is 0 Å². The van der Waals surface area contributed by atoms with Crippen LogP contribution in [-0.4, -0.2) is 81.3 Å². The topological polar surface area (TPSA) is 52.1 Å². The van der Waals surface area contributed by atoms with Gasteiger partial charge in [-0.15, -0.1) is 0 Å². The number of halogens is 1. The third-order valence-corrected chi connectivity index (χ3v) is 4.79. The third kappa shape index (κ3) is 8.82. The smallest absolute Gasteiger partial charge is 0.191 e. The number of hydrogen-bond donors (Lipinski definition) is 2. The zero-order valence-corrected chi connectivity index (χ0v) is 17.6. The minimum absolute atomic E-state index is 0.0113. The molecule has 0 amide bonds. The van der Waals surface area contributed by atoms with Gasteiger partial charge in [-0.05, 0) is 64.7 Å². The molecule has 2 N–H and O–H groups in total. The zero-order valence-electron chi connectivity index (χ0n) is 16.9. The summed E-state index contributed by atoms with van der Waals surface area (Å²) in [5.74, 6) is 1.65. The molecule has 1 heterocycles. The Morgan fingerprint density at radius 2 is 1.96 bits per heavy atom. The van der Waals surface area contributed by atoms with Crippen LogP contribution in [0.3, 0.4) is 0 Å². The van der Waals surface area contributed by atoms with Gasteiger partial charge in [0.1, 0.15) is 11.9 Å². The normalized spacial score (nSPS) is 18.0. The molecule has 1 unspecified atom stereocenters. The van der Waals surface area contributed by atoms with Gasteiger partial charge in [-0.2, -0.15) is 0 Å². The Kier molecular flexibility index (Phi) is 9.73. The van der Waals surface area contributed by atoms with Crippen molar-refractivity contribution >= 4 is 17.6 Å². The first kappa shape index (κ1) is 21.8. The minimum atomic E-state index is -0.0113. The highest BCUT2D eigenvalue weighted by molar-refractivity contribution is 6.30. The van der Waals surface area contributed by atoms with Crippen LogP contribution < -0.4 is 15.4 Å². The molecule has 1 aromatic carbocycles. The predicted octanol–water partition coefficient (Wildman–Crippen LogP) is 2.30. The van der Waals surface area contributed by atoms with Crippen LogP contribution in [0, 0.1) is 0 Å². The van der Waals surface area contributed by atoms with Crippen molar-refractivity contribution in [1.82, 2.24) is 20.4 Å². The van der Waals surface area contributed by atoms with Crippen molar-refractivity contribution in [1.29, 1.82) is 0 Å². The standard InChI is InChI=1S/C20H34ClN5O/c1-4-22-20(23-10-13-26-12-5-11-25(3)14-15-26)24-16-17(2)27-19-8-6-18(21)7-9-19/h6-9,17H,4-5,10-16H2,1-3H3,(H2,22,23,24). The largest absolute Gasteiger partial charge is 0.489 e. The molecule has 1 aromatic rings. The fourth-order valence-corrected chi connectivity index (χ4v) is 3.13. The van der Waals surface area contributed by atoms with Gasteiger partial charge in [-0.1, -0.05) is 11.6 Å². The van der Waals surface area contributed by atoms with E-state index in [-0.39, 0.29) is 6.10 Å². The number of hydrogen-bond acceptors (Lipinski definition) is 4. The van der Waals surface area contributed by atoms with Crippen molar-refractivity contribution in [2.45, 2.75) is 26.4 Å². The summed E-state index contributed by atoms with van der Waals surface area (Å²) in [4.78, 5) is 9.58. The molecule has 0 aliphatic carbocycles. The van der Waals surface area contributed by atoms with E-state index < -0.39 is 0 Å². The van der Waals surface area contributed by atoms with Crippen LogP contribution in [-0.2, 0) is 0 Å². The van der Waals surface area contributed by atoms with Gasteiger partial charge in [0.2, 0.25) is 0 Å². The molecule has 1 atom stereocenters. The first-order valence-electron chi connectivity index (χ1n) is 9.92. The Balaban J connectivity index is 1.74. The van der Waals surface area contributed by atoms with Crippen molar-refractivity contribution in [3.05, 3.63) is 29.3 Å². The van der Waals surface area contributed by atoms with E-state index in [4.69, 9.17) is 16.3 Å². The Bertz CT molecular complexity index is 566. The second-order valence-electron chi connectivity index (χ2n) is 7.03. The van der Waals surface area contributed by atoms with Crippen molar-refractivity contribution < 1.29 is 4.74 Å². The molecule has 27 heavy (non-hydrogen) atoms. The highest BCUT2D eigenvalue weighted by atomic mass is 35.5. The predicted molar refractivity (Wildman–Crippen MR) is 114 cm³/mol. The van der Waals surface area contributed by atoms with E-state index in [9.17, 15) is 0 Å². The van der Waals surface area contributed by atoms with Crippen LogP contribution in [0.25, 0.3) is 0 Å². The average molecular weight is 396 g/mol. The summed E-state index contributed by atoms with van der Waals surface area (Å²) in [7, 11) is 2.20. The van der Waals surface area contributed by atoms with Gasteiger partial charge in [0.25, 0.3) is 0 Å². The lowest BCUT2D eigenvalue weighted by atomic mass is 10.3. The maximum Gasteiger partial charge on any atom is 0.191 e. The number of ether oxygens (including phenoxy) is 1. The quantitative estimate of drug-likeness (QED) is 0.522. The summed E-state index contributed by atoms with van der Waals surface area (Å²) < 4.78 is 5.89. The molecule has 0 spiro atoms. The van der Waals surface area contributed by atoms with Crippen LogP contribution in [0.2, 0.25) is 5.02 Å². The van der Waals surface area contributed by atoms with E-state index in [0.29, 0.717) is 11.6 Å². The molecule has 152 valence electrons. The summed E-state index contributed by atoms with van der Waals surface area (Å²) in [5, 5.41) is 7.45. The van der Waals surface area contributed by atoms with E-state index in [0.717, 1.165) is 44.4 Å². The summed E-state index contributed by atoms with van der Waals surface area (Å²) >= 11 is 5.91. The molecule has 1 fully saturated rings. The summed E-state index contributed by atoms with van der Waals surface area (Å²) in [6, 6.07) is 7.42. The Morgan fingerprint density at radius 1 is 1.19 bits per heavy atom. The minimum Gasteiger partial charge on any atom is -0.489 e. The maximum atomic E-state index is 5.91. The molecular formula is C20H34ClN5O. The van der Waals surface area contributed by atoms with Gasteiger partial charge in [0.15, 0.2) is 5.96 Å². The van der Waals surface area contributed by atoms with E-state index in [1.807, 2.05) is 31.2 Å². The third-order valence-electron chi connectivity index (χ3n) is 4.53. The molecule has 0 saturated carbocycles. The summed E-state index contributed by atoms with van der Waals surface area (Å²) in [6.45, 7) is 12.1. The van der Waals surface area contributed by atoms with Crippen LogP contribution in [0.1, 0.15) is 20.3 Å². The number of rotatable bonds is 8. The molecule has 0 aromatic heterocycles. The van der Waals surface area contributed by atoms with Crippen LogP contribution in [0.15, 0.2) is 29.3 Å². The SMILES string of the molecule is CCNC(=NCC(C)Oc1ccc(Cl)cc1)NCCN1CCCN(C)CC1. The van der Waals surface area contributed by atoms with Gasteiger partial charge < -0.3 is 25.2 Å². The van der Waals surface area contributed by atoms with Crippen molar-refractivity contribution in [3.63, 3.8) is 0 Å². The van der Waals surface area contributed by atoms with Gasteiger partial charge in [0, 0.05) is 37.7 Å². The van der Waals surface area contributed by atoms with Crippen molar-refractivity contribution in [3.8, 4) is 5.75 Å². The second-order valence-corrected chi connectivity index (χ2v) is 7.46. The number of aliphatic imine (C=N–C) groups is 1. The molecule has 0 radical (unpaired) electrons. The van der Waals surface area contributed by atoms with E-state index >= 15 is 0 Å². The highest BCUT2D eigenvalue weighted by Gasteiger charge is 2.11. The van der Waals surface area contributed by atoms with Gasteiger partial charge in [0.05, 0.1) is 6.54 Å². The number of nitrogens with zero attached hydrogens (tertiary/aromatic N) is 3. The van der Waals surface area contributed by atoms with E-state index in [1.54, 1.807) is 0 Å². The molecule has 1 aliphatic rings. The average Bonchev–Trinajstić information content (AvgIpc) is 2.86. The zero-order chi connectivity index (χ0) is 19.5. The molecular weight excluding hydrogens is 362 g/mol. The van der Waals surface area contributed by atoms with E-state index in [1.165, 1.54) is 19.5 Å². The molecule has 6 nitrogen and oxygen atoms in total. The fraction of sp³-hybridized carbons (Fsp3) is 0.650. The summed E-state index contributed by atoms with van der Waals surface area (Å²) in [6.07, 6.45) is 1.23. The highest BCUT2D eigenvalue weighted by Crippen LogP contribution is 2.16. The van der Waals surface area contributed by atoms with Crippen LogP contribution in [0.5, 0.6) is 5.75 Å². The van der Waals surface area contributed by atoms with Crippen molar-refractivity contribution in [2.24, 2.45) is 4.99 Å². The number of benzene rings is 1. The second kappa shape index (κ2) is 12.1. The van der Waals surface area contributed by atoms with Gasteiger partial charge in [-0.25, -0.2) is 4.99 Å². The maximum absolute atomic E-state index is 5.91. The lowest BCUT2D eigenvalue weighted by Gasteiger charge is -2.21. The number of nitrogens with one attached hydrogen (secondary N) is 2. The fourth-order valence-electron chi connectivity index (χ4n) is 3.00.